The molecule has 0 aliphatic carbocycles. The minimum absolute atomic E-state index is 0.119. The molecule has 0 bridgehead atoms. The van der Waals surface area contributed by atoms with Crippen molar-refractivity contribution in [2.45, 2.75) is 39.5 Å². The SMILES string of the molecule is CCCN(CCC)C(=O)CN1CCC(C(=O)NC)CC1. The van der Waals surface area contributed by atoms with E-state index in [4.69, 9.17) is 0 Å². The summed E-state index contributed by atoms with van der Waals surface area (Å²) in [5.41, 5.74) is 0. The summed E-state index contributed by atoms with van der Waals surface area (Å²) in [5.74, 6) is 0.482. The molecule has 1 rings (SSSR count). The van der Waals surface area contributed by atoms with Gasteiger partial charge in [-0.25, -0.2) is 0 Å². The van der Waals surface area contributed by atoms with Gasteiger partial charge >= 0.3 is 0 Å². The van der Waals surface area contributed by atoms with Gasteiger partial charge in [-0.15, -0.1) is 0 Å². The van der Waals surface area contributed by atoms with Gasteiger partial charge in [0.05, 0.1) is 6.54 Å². The van der Waals surface area contributed by atoms with Gasteiger partial charge in [0.2, 0.25) is 11.8 Å². The Bertz CT molecular complexity index is 306. The number of carbonyl (C=O) groups is 2. The Morgan fingerprint density at radius 1 is 1.15 bits per heavy atom. The fraction of sp³-hybridized carbons (Fsp3) is 0.867. The van der Waals surface area contributed by atoms with Gasteiger partial charge < -0.3 is 10.2 Å². The molecule has 5 heteroatoms. The molecule has 1 N–H and O–H groups in total. The molecule has 1 heterocycles. The molecule has 0 saturated carbocycles. The molecule has 1 saturated heterocycles. The lowest BCUT2D eigenvalue weighted by Gasteiger charge is -2.32. The van der Waals surface area contributed by atoms with Crippen molar-refractivity contribution in [1.82, 2.24) is 15.1 Å². The summed E-state index contributed by atoms with van der Waals surface area (Å²) in [6.07, 6.45) is 3.72. The maximum atomic E-state index is 12.3. The molecular formula is C15H29N3O2. The predicted octanol–water partition coefficient (Wildman–Crippen LogP) is 1.09. The van der Waals surface area contributed by atoms with Crippen LogP contribution in [-0.2, 0) is 9.59 Å². The molecule has 0 atom stereocenters. The maximum Gasteiger partial charge on any atom is 0.236 e. The fourth-order valence-corrected chi connectivity index (χ4v) is 2.75. The van der Waals surface area contributed by atoms with Crippen molar-refractivity contribution in [2.75, 3.05) is 39.8 Å². The Morgan fingerprint density at radius 3 is 2.15 bits per heavy atom. The molecule has 2 amide bonds. The van der Waals surface area contributed by atoms with E-state index in [-0.39, 0.29) is 17.7 Å². The average Bonchev–Trinajstić information content (AvgIpc) is 2.47. The van der Waals surface area contributed by atoms with Crippen LogP contribution in [0.1, 0.15) is 39.5 Å². The number of hydrogen-bond donors (Lipinski definition) is 1. The molecule has 0 aromatic rings. The van der Waals surface area contributed by atoms with Crippen molar-refractivity contribution in [3.63, 3.8) is 0 Å². The number of rotatable bonds is 7. The number of hydrogen-bond acceptors (Lipinski definition) is 3. The van der Waals surface area contributed by atoms with E-state index in [2.05, 4.69) is 24.1 Å². The third-order valence-electron chi connectivity index (χ3n) is 3.90. The first-order valence-corrected chi connectivity index (χ1v) is 7.84. The van der Waals surface area contributed by atoms with Crippen molar-refractivity contribution in [3.8, 4) is 0 Å². The molecule has 116 valence electrons. The molecule has 1 aliphatic heterocycles. The van der Waals surface area contributed by atoms with E-state index in [9.17, 15) is 9.59 Å². The van der Waals surface area contributed by atoms with Crippen LogP contribution in [0.5, 0.6) is 0 Å². The second-order valence-corrected chi connectivity index (χ2v) is 5.55. The van der Waals surface area contributed by atoms with E-state index >= 15 is 0 Å². The monoisotopic (exact) mass is 283 g/mol. The molecule has 0 radical (unpaired) electrons. The van der Waals surface area contributed by atoms with Crippen molar-refractivity contribution in [3.05, 3.63) is 0 Å². The average molecular weight is 283 g/mol. The second-order valence-electron chi connectivity index (χ2n) is 5.55. The first kappa shape index (κ1) is 17.0. The van der Waals surface area contributed by atoms with Crippen molar-refractivity contribution in [2.24, 2.45) is 5.92 Å². The van der Waals surface area contributed by atoms with Crippen LogP contribution in [0.4, 0.5) is 0 Å². The van der Waals surface area contributed by atoms with Crippen LogP contribution >= 0.6 is 0 Å². The maximum absolute atomic E-state index is 12.3. The van der Waals surface area contributed by atoms with Crippen LogP contribution < -0.4 is 5.32 Å². The van der Waals surface area contributed by atoms with Crippen LogP contribution in [0.3, 0.4) is 0 Å². The van der Waals surface area contributed by atoms with Gasteiger partial charge in [0.15, 0.2) is 0 Å². The van der Waals surface area contributed by atoms with E-state index in [1.54, 1.807) is 7.05 Å². The van der Waals surface area contributed by atoms with Gasteiger partial charge in [0.1, 0.15) is 0 Å². The van der Waals surface area contributed by atoms with Gasteiger partial charge in [0, 0.05) is 26.1 Å². The lowest BCUT2D eigenvalue weighted by Crippen LogP contribution is -2.45. The molecule has 1 aliphatic rings. The molecule has 5 nitrogen and oxygen atoms in total. The highest BCUT2D eigenvalue weighted by molar-refractivity contribution is 5.79. The fourth-order valence-electron chi connectivity index (χ4n) is 2.75. The zero-order valence-corrected chi connectivity index (χ0v) is 13.2. The Balaban J connectivity index is 2.38. The largest absolute Gasteiger partial charge is 0.359 e. The van der Waals surface area contributed by atoms with Crippen LogP contribution in [0.2, 0.25) is 0 Å². The predicted molar refractivity (Wildman–Crippen MR) is 80.4 cm³/mol. The number of nitrogens with zero attached hydrogens (tertiary/aromatic N) is 2. The zero-order chi connectivity index (χ0) is 15.0. The molecule has 20 heavy (non-hydrogen) atoms. The quantitative estimate of drug-likeness (QED) is 0.761. The van der Waals surface area contributed by atoms with E-state index < -0.39 is 0 Å². The standard InChI is InChI=1S/C15H29N3O2/c1-4-8-18(9-5-2)14(19)12-17-10-6-13(7-11-17)15(20)16-3/h13H,4-12H2,1-3H3,(H,16,20). The van der Waals surface area contributed by atoms with E-state index in [0.717, 1.165) is 51.9 Å². The van der Waals surface area contributed by atoms with Gasteiger partial charge in [-0.05, 0) is 38.8 Å². The molecular weight excluding hydrogens is 254 g/mol. The molecule has 0 aromatic heterocycles. The van der Waals surface area contributed by atoms with Crippen molar-refractivity contribution in [1.29, 1.82) is 0 Å². The van der Waals surface area contributed by atoms with Crippen LogP contribution in [0.15, 0.2) is 0 Å². The number of carbonyl (C=O) groups excluding carboxylic acids is 2. The highest BCUT2D eigenvalue weighted by Crippen LogP contribution is 2.17. The lowest BCUT2D eigenvalue weighted by molar-refractivity contribution is -0.133. The number of piperidine rings is 1. The highest BCUT2D eigenvalue weighted by atomic mass is 16.2. The summed E-state index contributed by atoms with van der Waals surface area (Å²) in [4.78, 5) is 28.0. The Kier molecular flexibility index (Phi) is 7.59. The summed E-state index contributed by atoms with van der Waals surface area (Å²) >= 11 is 0. The Labute approximate surface area is 122 Å². The normalized spacial score (nSPS) is 16.9. The second kappa shape index (κ2) is 8.95. The van der Waals surface area contributed by atoms with Crippen molar-refractivity contribution < 1.29 is 9.59 Å². The summed E-state index contributed by atoms with van der Waals surface area (Å²) in [6, 6.07) is 0. The Morgan fingerprint density at radius 2 is 1.70 bits per heavy atom. The minimum Gasteiger partial charge on any atom is -0.359 e. The van der Waals surface area contributed by atoms with E-state index in [1.165, 1.54) is 0 Å². The summed E-state index contributed by atoms with van der Waals surface area (Å²) in [6.45, 7) is 8.09. The first-order valence-electron chi connectivity index (χ1n) is 7.84. The number of nitrogens with one attached hydrogen (secondary N) is 1. The van der Waals surface area contributed by atoms with Crippen molar-refractivity contribution >= 4 is 11.8 Å². The van der Waals surface area contributed by atoms with E-state index in [1.807, 2.05) is 4.90 Å². The summed E-state index contributed by atoms with van der Waals surface area (Å²) in [7, 11) is 1.69. The molecule has 0 aromatic carbocycles. The van der Waals surface area contributed by atoms with Gasteiger partial charge in [0.25, 0.3) is 0 Å². The molecule has 0 spiro atoms. The third-order valence-corrected chi connectivity index (χ3v) is 3.90. The summed E-state index contributed by atoms with van der Waals surface area (Å²) in [5, 5.41) is 2.71. The zero-order valence-electron chi connectivity index (χ0n) is 13.2. The van der Waals surface area contributed by atoms with Crippen LogP contribution in [-0.4, -0.2) is 61.4 Å². The third kappa shape index (κ3) is 5.12. The van der Waals surface area contributed by atoms with Gasteiger partial charge in [-0.1, -0.05) is 13.8 Å². The topological polar surface area (TPSA) is 52.7 Å². The minimum atomic E-state index is 0.119. The van der Waals surface area contributed by atoms with Crippen LogP contribution in [0.25, 0.3) is 0 Å². The van der Waals surface area contributed by atoms with Crippen LogP contribution in [0, 0.1) is 5.92 Å². The first-order chi connectivity index (χ1) is 9.62. The number of likely N-dealkylation sites (tertiary alicyclic amines) is 1. The van der Waals surface area contributed by atoms with E-state index in [0.29, 0.717) is 6.54 Å². The Hall–Kier alpha value is -1.10. The summed E-state index contributed by atoms with van der Waals surface area (Å²) < 4.78 is 0. The van der Waals surface area contributed by atoms with Gasteiger partial charge in [-0.3, -0.25) is 14.5 Å². The highest BCUT2D eigenvalue weighted by Gasteiger charge is 2.26. The molecule has 0 unspecified atom stereocenters. The smallest absolute Gasteiger partial charge is 0.236 e. The van der Waals surface area contributed by atoms with Gasteiger partial charge in [-0.2, -0.15) is 0 Å². The molecule has 1 fully saturated rings. The lowest BCUT2D eigenvalue weighted by atomic mass is 9.96. The number of amides is 2.